The molecule has 1 saturated heterocycles. The fourth-order valence-corrected chi connectivity index (χ4v) is 5.97. The Labute approximate surface area is 173 Å². The molecule has 0 saturated carbocycles. The summed E-state index contributed by atoms with van der Waals surface area (Å²) in [5.41, 5.74) is 2.29. The molecule has 0 radical (unpaired) electrons. The largest absolute Gasteiger partial charge is 0.348 e. The normalized spacial score (nSPS) is 25.5. The standard InChI is InChI=1S/C22H23N3O3S/c26-19(23-17-8-3-6-14-5-1-2-7-15(14)17)13-25-20(27)22(24-21(25)28)11-4-9-18-16(22)10-12-29-18/h1-2,5,7,10,12,17H,3-4,6,8-9,11,13H2,(H,23,26)(H,24,28)/t17-,22+/m0/s1. The molecule has 5 rings (SSSR count). The van der Waals surface area contributed by atoms with Gasteiger partial charge in [-0.2, -0.15) is 0 Å². The zero-order valence-electron chi connectivity index (χ0n) is 16.1. The van der Waals surface area contributed by atoms with E-state index >= 15 is 0 Å². The maximum atomic E-state index is 13.2. The van der Waals surface area contributed by atoms with Crippen LogP contribution in [-0.4, -0.2) is 29.3 Å². The first kappa shape index (κ1) is 18.4. The topological polar surface area (TPSA) is 78.5 Å². The molecule has 1 aromatic carbocycles. The van der Waals surface area contributed by atoms with Gasteiger partial charge in [0.05, 0.1) is 6.04 Å². The van der Waals surface area contributed by atoms with Crippen LogP contribution in [0.15, 0.2) is 35.7 Å². The summed E-state index contributed by atoms with van der Waals surface area (Å²) in [5.74, 6) is -0.602. The van der Waals surface area contributed by atoms with Crippen molar-refractivity contribution in [2.45, 2.75) is 50.1 Å². The van der Waals surface area contributed by atoms with E-state index in [0.29, 0.717) is 6.42 Å². The summed E-state index contributed by atoms with van der Waals surface area (Å²) in [7, 11) is 0. The molecular formula is C22H23N3O3S. The fraction of sp³-hybridized carbons (Fsp3) is 0.409. The van der Waals surface area contributed by atoms with Crippen molar-refractivity contribution in [2.24, 2.45) is 0 Å². The van der Waals surface area contributed by atoms with Crippen LogP contribution in [0.1, 0.15) is 53.3 Å². The summed E-state index contributed by atoms with van der Waals surface area (Å²) >= 11 is 1.62. The average molecular weight is 410 g/mol. The number of benzene rings is 1. The van der Waals surface area contributed by atoms with Crippen LogP contribution in [0.4, 0.5) is 4.79 Å². The molecule has 2 aliphatic carbocycles. The van der Waals surface area contributed by atoms with Gasteiger partial charge in [0.2, 0.25) is 5.91 Å². The molecule has 2 heterocycles. The van der Waals surface area contributed by atoms with Gasteiger partial charge in [0.1, 0.15) is 12.1 Å². The van der Waals surface area contributed by atoms with Gasteiger partial charge in [0.15, 0.2) is 0 Å². The lowest BCUT2D eigenvalue weighted by Gasteiger charge is -2.31. The van der Waals surface area contributed by atoms with Crippen molar-refractivity contribution in [2.75, 3.05) is 6.54 Å². The number of imide groups is 1. The molecule has 1 spiro atoms. The van der Waals surface area contributed by atoms with Crippen molar-refractivity contribution >= 4 is 29.2 Å². The van der Waals surface area contributed by atoms with Gasteiger partial charge in [0, 0.05) is 10.4 Å². The second kappa shape index (κ2) is 6.99. The van der Waals surface area contributed by atoms with Gasteiger partial charge in [-0.1, -0.05) is 24.3 Å². The number of aryl methyl sites for hydroxylation is 2. The monoisotopic (exact) mass is 409 g/mol. The van der Waals surface area contributed by atoms with Crippen molar-refractivity contribution in [3.05, 3.63) is 57.3 Å². The predicted molar refractivity (Wildman–Crippen MR) is 109 cm³/mol. The maximum Gasteiger partial charge on any atom is 0.325 e. The van der Waals surface area contributed by atoms with Gasteiger partial charge in [-0.15, -0.1) is 11.3 Å². The molecule has 150 valence electrons. The Morgan fingerprint density at radius 3 is 2.97 bits per heavy atom. The minimum atomic E-state index is -0.998. The van der Waals surface area contributed by atoms with E-state index in [4.69, 9.17) is 0 Å². The van der Waals surface area contributed by atoms with Crippen LogP contribution in [0.2, 0.25) is 0 Å². The van der Waals surface area contributed by atoms with E-state index in [9.17, 15) is 14.4 Å². The van der Waals surface area contributed by atoms with E-state index < -0.39 is 11.6 Å². The summed E-state index contributed by atoms with van der Waals surface area (Å²) < 4.78 is 0. The molecule has 6 nitrogen and oxygen atoms in total. The van der Waals surface area contributed by atoms with Crippen LogP contribution in [-0.2, 0) is 28.0 Å². The third kappa shape index (κ3) is 2.95. The molecule has 2 atom stereocenters. The molecule has 0 bridgehead atoms. The Kier molecular flexibility index (Phi) is 4.42. The van der Waals surface area contributed by atoms with Gasteiger partial charge >= 0.3 is 6.03 Å². The Balaban J connectivity index is 1.33. The van der Waals surface area contributed by atoms with E-state index in [1.54, 1.807) is 11.3 Å². The first-order chi connectivity index (χ1) is 14.1. The van der Waals surface area contributed by atoms with Crippen molar-refractivity contribution in [1.82, 2.24) is 15.5 Å². The van der Waals surface area contributed by atoms with E-state index in [0.717, 1.165) is 53.0 Å². The zero-order chi connectivity index (χ0) is 20.0. The first-order valence-electron chi connectivity index (χ1n) is 10.2. The number of nitrogens with one attached hydrogen (secondary N) is 2. The van der Waals surface area contributed by atoms with Crippen molar-refractivity contribution in [3.63, 3.8) is 0 Å². The molecule has 1 aliphatic heterocycles. The van der Waals surface area contributed by atoms with Gasteiger partial charge < -0.3 is 10.6 Å². The average Bonchev–Trinajstić information content (AvgIpc) is 3.29. The summed E-state index contributed by atoms with van der Waals surface area (Å²) in [5, 5.41) is 7.90. The smallest absolute Gasteiger partial charge is 0.325 e. The number of nitrogens with zero attached hydrogens (tertiary/aromatic N) is 1. The van der Waals surface area contributed by atoms with E-state index in [1.165, 1.54) is 5.56 Å². The molecule has 3 aliphatic rings. The molecule has 0 unspecified atom stereocenters. The van der Waals surface area contributed by atoms with Gasteiger partial charge in [0.25, 0.3) is 5.91 Å². The Bertz CT molecular complexity index is 1000. The molecule has 2 N–H and O–H groups in total. The molecule has 29 heavy (non-hydrogen) atoms. The lowest BCUT2D eigenvalue weighted by molar-refractivity contribution is -0.135. The highest BCUT2D eigenvalue weighted by molar-refractivity contribution is 7.10. The number of amides is 4. The van der Waals surface area contributed by atoms with Crippen LogP contribution in [0, 0.1) is 0 Å². The molecular weight excluding hydrogens is 386 g/mol. The SMILES string of the molecule is O=C(CN1C(=O)N[C@@]2(CCCc3sccc32)C1=O)N[C@H]1CCCc2ccccc21. The number of thiophene rings is 1. The number of urea groups is 1. The minimum Gasteiger partial charge on any atom is -0.348 e. The predicted octanol–water partition coefficient (Wildman–Crippen LogP) is 3.03. The lowest BCUT2D eigenvalue weighted by atomic mass is 9.80. The Morgan fingerprint density at radius 2 is 2.07 bits per heavy atom. The van der Waals surface area contributed by atoms with Crippen LogP contribution in [0.25, 0.3) is 0 Å². The highest BCUT2D eigenvalue weighted by Gasteiger charge is 2.54. The summed E-state index contributed by atoms with van der Waals surface area (Å²) in [6.07, 6.45) is 5.24. The number of carbonyl (C=O) groups is 3. The summed E-state index contributed by atoms with van der Waals surface area (Å²) in [6.45, 7) is -0.245. The summed E-state index contributed by atoms with van der Waals surface area (Å²) in [4.78, 5) is 40.9. The molecule has 4 amide bonds. The van der Waals surface area contributed by atoms with Crippen molar-refractivity contribution in [3.8, 4) is 0 Å². The van der Waals surface area contributed by atoms with Gasteiger partial charge in [-0.3, -0.25) is 14.5 Å². The lowest BCUT2D eigenvalue weighted by Crippen LogP contribution is -2.47. The Hall–Kier alpha value is -2.67. The van der Waals surface area contributed by atoms with Gasteiger partial charge in [-0.25, -0.2) is 4.79 Å². The molecule has 1 fully saturated rings. The first-order valence-corrected chi connectivity index (χ1v) is 11.0. The minimum absolute atomic E-state index is 0.0691. The van der Waals surface area contributed by atoms with Crippen molar-refractivity contribution in [1.29, 1.82) is 0 Å². The molecule has 2 aromatic rings. The van der Waals surface area contributed by atoms with Crippen LogP contribution in [0.3, 0.4) is 0 Å². The second-order valence-corrected chi connectivity index (χ2v) is 9.05. The quantitative estimate of drug-likeness (QED) is 0.765. The number of fused-ring (bicyclic) bond motifs is 3. The van der Waals surface area contributed by atoms with E-state index in [-0.39, 0.29) is 24.4 Å². The Morgan fingerprint density at radius 1 is 1.21 bits per heavy atom. The third-order valence-electron chi connectivity index (χ3n) is 6.34. The number of carbonyl (C=O) groups excluding carboxylic acids is 3. The van der Waals surface area contributed by atoms with Gasteiger partial charge in [-0.05, 0) is 61.1 Å². The fourth-order valence-electron chi connectivity index (χ4n) is 4.97. The van der Waals surface area contributed by atoms with E-state index in [2.05, 4.69) is 16.7 Å². The molecule has 7 heteroatoms. The van der Waals surface area contributed by atoms with Crippen LogP contribution in [0.5, 0.6) is 0 Å². The number of hydrogen-bond donors (Lipinski definition) is 2. The number of rotatable bonds is 3. The summed E-state index contributed by atoms with van der Waals surface area (Å²) in [6, 6.07) is 9.51. The second-order valence-electron chi connectivity index (χ2n) is 8.05. The van der Waals surface area contributed by atoms with E-state index in [1.807, 2.05) is 29.6 Å². The van der Waals surface area contributed by atoms with Crippen LogP contribution >= 0.6 is 11.3 Å². The highest BCUT2D eigenvalue weighted by atomic mass is 32.1. The molecule has 1 aromatic heterocycles. The zero-order valence-corrected chi connectivity index (χ0v) is 16.9. The maximum absolute atomic E-state index is 13.2. The number of hydrogen-bond acceptors (Lipinski definition) is 4. The highest BCUT2D eigenvalue weighted by Crippen LogP contribution is 2.42. The van der Waals surface area contributed by atoms with Crippen molar-refractivity contribution < 1.29 is 14.4 Å². The van der Waals surface area contributed by atoms with Crippen LogP contribution < -0.4 is 10.6 Å². The third-order valence-corrected chi connectivity index (χ3v) is 7.32.